The first kappa shape index (κ1) is 13.2. The van der Waals surface area contributed by atoms with Gasteiger partial charge in [-0.15, -0.1) is 0 Å². The van der Waals surface area contributed by atoms with Crippen molar-refractivity contribution < 1.29 is 4.52 Å². The van der Waals surface area contributed by atoms with E-state index >= 15 is 0 Å². The number of hydrogen-bond acceptors (Lipinski definition) is 5. The van der Waals surface area contributed by atoms with Crippen molar-refractivity contribution in [2.24, 2.45) is 0 Å². The molecule has 2 aromatic rings. The summed E-state index contributed by atoms with van der Waals surface area (Å²) in [6.07, 6.45) is 5.15. The molecule has 1 aliphatic rings. The quantitative estimate of drug-likeness (QED) is 0.854. The van der Waals surface area contributed by atoms with Crippen LogP contribution < -0.4 is 5.32 Å². The fourth-order valence-corrected chi connectivity index (χ4v) is 3.28. The van der Waals surface area contributed by atoms with Crippen LogP contribution in [0.2, 0.25) is 0 Å². The molecule has 2 aromatic heterocycles. The topological polar surface area (TPSA) is 63.8 Å². The Balaban J connectivity index is 1.87. The average molecular weight is 388 g/mol. The van der Waals surface area contributed by atoms with E-state index in [0.717, 1.165) is 21.9 Å². The summed E-state index contributed by atoms with van der Waals surface area (Å²) in [5, 5.41) is 7.41. The molecule has 0 spiro atoms. The molecule has 0 bridgehead atoms. The van der Waals surface area contributed by atoms with Crippen molar-refractivity contribution in [1.82, 2.24) is 20.4 Å². The molecule has 0 unspecified atom stereocenters. The SMILES string of the molecule is Brc1cnc(-c2noc([C@@H]3CCCCN3)n2)c(Br)c1. The third-order valence-electron chi connectivity index (χ3n) is 3.07. The smallest absolute Gasteiger partial charge is 0.244 e. The average Bonchev–Trinajstić information content (AvgIpc) is 2.89. The first-order valence-electron chi connectivity index (χ1n) is 6.12. The second-order valence-electron chi connectivity index (χ2n) is 4.44. The molecular weight excluding hydrogens is 376 g/mol. The molecule has 19 heavy (non-hydrogen) atoms. The number of aromatic nitrogens is 3. The summed E-state index contributed by atoms with van der Waals surface area (Å²) in [4.78, 5) is 8.75. The Morgan fingerprint density at radius 2 is 2.21 bits per heavy atom. The molecular formula is C12H12Br2N4O. The third-order valence-corrected chi connectivity index (χ3v) is 4.11. The second-order valence-corrected chi connectivity index (χ2v) is 6.21. The third kappa shape index (κ3) is 2.88. The van der Waals surface area contributed by atoms with Gasteiger partial charge in [-0.2, -0.15) is 4.98 Å². The molecule has 1 aliphatic heterocycles. The van der Waals surface area contributed by atoms with Crippen molar-refractivity contribution >= 4 is 31.9 Å². The van der Waals surface area contributed by atoms with E-state index in [1.807, 2.05) is 6.07 Å². The molecule has 0 amide bonds. The van der Waals surface area contributed by atoms with E-state index in [0.29, 0.717) is 17.4 Å². The van der Waals surface area contributed by atoms with Crippen LogP contribution in [0.5, 0.6) is 0 Å². The van der Waals surface area contributed by atoms with Gasteiger partial charge >= 0.3 is 0 Å². The highest BCUT2D eigenvalue weighted by Crippen LogP contribution is 2.28. The van der Waals surface area contributed by atoms with E-state index in [1.165, 1.54) is 12.8 Å². The van der Waals surface area contributed by atoms with Gasteiger partial charge in [-0.1, -0.05) is 11.6 Å². The van der Waals surface area contributed by atoms with Gasteiger partial charge in [-0.25, -0.2) is 0 Å². The highest BCUT2D eigenvalue weighted by atomic mass is 79.9. The van der Waals surface area contributed by atoms with Crippen LogP contribution in [0.3, 0.4) is 0 Å². The summed E-state index contributed by atoms with van der Waals surface area (Å²) in [6.45, 7) is 1.00. The Kier molecular flexibility index (Phi) is 3.95. The number of halogens is 2. The largest absolute Gasteiger partial charge is 0.337 e. The van der Waals surface area contributed by atoms with Gasteiger partial charge in [0.25, 0.3) is 0 Å². The maximum Gasteiger partial charge on any atom is 0.244 e. The summed E-state index contributed by atoms with van der Waals surface area (Å²) >= 11 is 6.83. The zero-order valence-corrected chi connectivity index (χ0v) is 13.2. The summed E-state index contributed by atoms with van der Waals surface area (Å²) in [7, 11) is 0. The fourth-order valence-electron chi connectivity index (χ4n) is 2.11. The van der Waals surface area contributed by atoms with Gasteiger partial charge in [0.2, 0.25) is 11.7 Å². The van der Waals surface area contributed by atoms with Crippen molar-refractivity contribution in [3.8, 4) is 11.5 Å². The Hall–Kier alpha value is -0.790. The molecule has 0 radical (unpaired) electrons. The highest BCUT2D eigenvalue weighted by molar-refractivity contribution is 9.11. The summed E-state index contributed by atoms with van der Waals surface area (Å²) in [5.74, 6) is 1.16. The van der Waals surface area contributed by atoms with Crippen LogP contribution in [0.25, 0.3) is 11.5 Å². The van der Waals surface area contributed by atoms with Gasteiger partial charge in [-0.05, 0) is 57.3 Å². The Morgan fingerprint density at radius 1 is 1.32 bits per heavy atom. The van der Waals surface area contributed by atoms with Crippen molar-refractivity contribution in [3.63, 3.8) is 0 Å². The molecule has 7 heteroatoms. The number of hydrogen-bond donors (Lipinski definition) is 1. The zero-order chi connectivity index (χ0) is 13.2. The first-order valence-corrected chi connectivity index (χ1v) is 7.71. The number of nitrogens with one attached hydrogen (secondary N) is 1. The molecule has 5 nitrogen and oxygen atoms in total. The highest BCUT2D eigenvalue weighted by Gasteiger charge is 2.22. The maximum atomic E-state index is 5.35. The molecule has 1 N–H and O–H groups in total. The van der Waals surface area contributed by atoms with Crippen molar-refractivity contribution in [2.45, 2.75) is 25.3 Å². The normalized spacial score (nSPS) is 19.6. The van der Waals surface area contributed by atoms with E-state index < -0.39 is 0 Å². The number of nitrogens with zero attached hydrogens (tertiary/aromatic N) is 3. The van der Waals surface area contributed by atoms with Gasteiger partial charge in [0, 0.05) is 15.1 Å². The summed E-state index contributed by atoms with van der Waals surface area (Å²) < 4.78 is 7.09. The minimum Gasteiger partial charge on any atom is -0.337 e. The number of piperidine rings is 1. The Morgan fingerprint density at radius 3 is 2.95 bits per heavy atom. The number of pyridine rings is 1. The lowest BCUT2D eigenvalue weighted by Gasteiger charge is -2.19. The maximum absolute atomic E-state index is 5.35. The van der Waals surface area contributed by atoms with Gasteiger partial charge in [-0.3, -0.25) is 4.98 Å². The Labute approximate surface area is 127 Å². The summed E-state index contributed by atoms with van der Waals surface area (Å²) in [5.41, 5.74) is 0.689. The van der Waals surface area contributed by atoms with Crippen molar-refractivity contribution in [1.29, 1.82) is 0 Å². The molecule has 1 saturated heterocycles. The molecule has 0 saturated carbocycles. The van der Waals surface area contributed by atoms with E-state index in [1.54, 1.807) is 6.20 Å². The number of rotatable bonds is 2. The standard InChI is InChI=1S/C12H12Br2N4O/c13-7-5-8(14)10(16-6-7)11-17-12(19-18-11)9-3-1-2-4-15-9/h5-6,9,15H,1-4H2/t9-/m0/s1. The van der Waals surface area contributed by atoms with Crippen LogP contribution in [0.15, 0.2) is 25.7 Å². The predicted octanol–water partition coefficient (Wildman–Crippen LogP) is 3.47. The second kappa shape index (κ2) is 5.68. The molecule has 3 rings (SSSR count). The van der Waals surface area contributed by atoms with E-state index in [-0.39, 0.29) is 6.04 Å². The molecule has 100 valence electrons. The Bertz CT molecular complexity index is 581. The van der Waals surface area contributed by atoms with Gasteiger partial charge in [0.05, 0.1) is 6.04 Å². The lowest BCUT2D eigenvalue weighted by atomic mass is 10.1. The van der Waals surface area contributed by atoms with Crippen LogP contribution in [0.4, 0.5) is 0 Å². The van der Waals surface area contributed by atoms with Crippen LogP contribution in [-0.2, 0) is 0 Å². The monoisotopic (exact) mass is 386 g/mol. The van der Waals surface area contributed by atoms with Gasteiger partial charge in [0.1, 0.15) is 5.69 Å². The van der Waals surface area contributed by atoms with Crippen LogP contribution in [0, 0.1) is 0 Å². The molecule has 1 fully saturated rings. The van der Waals surface area contributed by atoms with Gasteiger partial charge in [0.15, 0.2) is 0 Å². The van der Waals surface area contributed by atoms with E-state index in [2.05, 4.69) is 52.3 Å². The van der Waals surface area contributed by atoms with Crippen LogP contribution in [0.1, 0.15) is 31.2 Å². The first-order chi connectivity index (χ1) is 9.24. The van der Waals surface area contributed by atoms with E-state index in [9.17, 15) is 0 Å². The minimum absolute atomic E-state index is 0.171. The lowest BCUT2D eigenvalue weighted by molar-refractivity contribution is 0.297. The van der Waals surface area contributed by atoms with Crippen LogP contribution >= 0.6 is 31.9 Å². The minimum atomic E-state index is 0.171. The molecule has 3 heterocycles. The molecule has 1 atom stereocenters. The summed E-state index contributed by atoms with van der Waals surface area (Å²) in [6, 6.07) is 2.08. The predicted molar refractivity (Wildman–Crippen MR) is 77.5 cm³/mol. The molecule has 0 aliphatic carbocycles. The lowest BCUT2D eigenvalue weighted by Crippen LogP contribution is -2.26. The van der Waals surface area contributed by atoms with Crippen molar-refractivity contribution in [3.05, 3.63) is 27.1 Å². The van der Waals surface area contributed by atoms with E-state index in [4.69, 9.17) is 4.52 Å². The zero-order valence-electron chi connectivity index (χ0n) is 10.1. The molecule has 0 aromatic carbocycles. The van der Waals surface area contributed by atoms with Crippen LogP contribution in [-0.4, -0.2) is 21.7 Å². The van der Waals surface area contributed by atoms with Gasteiger partial charge < -0.3 is 9.84 Å². The fraction of sp³-hybridized carbons (Fsp3) is 0.417. The van der Waals surface area contributed by atoms with Crippen molar-refractivity contribution in [2.75, 3.05) is 6.54 Å².